The van der Waals surface area contributed by atoms with Crippen LogP contribution in [-0.4, -0.2) is 45.4 Å². The summed E-state index contributed by atoms with van der Waals surface area (Å²) in [6.07, 6.45) is 0.499. The summed E-state index contributed by atoms with van der Waals surface area (Å²) in [7, 11) is -1.43. The molecule has 1 saturated heterocycles. The van der Waals surface area contributed by atoms with E-state index in [4.69, 9.17) is 4.74 Å². The number of rotatable bonds is 5. The zero-order valence-electron chi connectivity index (χ0n) is 12.4. The third-order valence-electron chi connectivity index (χ3n) is 3.60. The fraction of sp³-hybridized carbons (Fsp3) is 0.533. The van der Waals surface area contributed by atoms with Crippen LogP contribution in [0.2, 0.25) is 0 Å². The van der Waals surface area contributed by atoms with Crippen LogP contribution in [0.25, 0.3) is 0 Å². The van der Waals surface area contributed by atoms with Gasteiger partial charge in [-0.05, 0) is 13.0 Å². The normalized spacial score (nSPS) is 21.0. The van der Waals surface area contributed by atoms with Crippen molar-refractivity contribution in [2.24, 2.45) is 0 Å². The Morgan fingerprint density at radius 3 is 2.86 bits per heavy atom. The van der Waals surface area contributed by atoms with Crippen LogP contribution in [-0.2, 0) is 21.1 Å². The van der Waals surface area contributed by atoms with Gasteiger partial charge >= 0.3 is 0 Å². The average Bonchev–Trinajstić information content (AvgIpc) is 2.37. The van der Waals surface area contributed by atoms with Gasteiger partial charge in [-0.3, -0.25) is 4.79 Å². The maximum Gasteiger partial charge on any atom is 0.153 e. The number of benzene rings is 1. The lowest BCUT2D eigenvalue weighted by molar-refractivity contribution is -0.118. The molecule has 0 amide bonds. The monoisotopic (exact) mass is 311 g/mol. The number of ketones is 1. The largest absolute Gasteiger partial charge is 0.496 e. The van der Waals surface area contributed by atoms with Crippen LogP contribution in [0.3, 0.4) is 0 Å². The predicted molar refractivity (Wildman–Crippen MR) is 81.5 cm³/mol. The van der Waals surface area contributed by atoms with Crippen molar-refractivity contribution in [3.8, 4) is 5.75 Å². The second-order valence-corrected chi connectivity index (χ2v) is 7.73. The van der Waals surface area contributed by atoms with E-state index in [1.807, 2.05) is 25.1 Å². The van der Waals surface area contributed by atoms with E-state index < -0.39 is 9.84 Å². The van der Waals surface area contributed by atoms with Crippen molar-refractivity contribution in [2.45, 2.75) is 25.8 Å². The van der Waals surface area contributed by atoms with Gasteiger partial charge in [0.2, 0.25) is 0 Å². The molecule has 1 aliphatic heterocycles. The van der Waals surface area contributed by atoms with Gasteiger partial charge in [0, 0.05) is 31.0 Å². The van der Waals surface area contributed by atoms with Crippen molar-refractivity contribution < 1.29 is 17.9 Å². The maximum absolute atomic E-state index is 12.2. The topological polar surface area (TPSA) is 72.5 Å². The van der Waals surface area contributed by atoms with Gasteiger partial charge < -0.3 is 10.1 Å². The van der Waals surface area contributed by atoms with E-state index in [2.05, 4.69) is 5.32 Å². The third kappa shape index (κ3) is 4.54. The van der Waals surface area contributed by atoms with Gasteiger partial charge in [0.05, 0.1) is 18.6 Å². The Morgan fingerprint density at radius 1 is 1.43 bits per heavy atom. The number of carbonyl (C=O) groups excluding carboxylic acids is 1. The van der Waals surface area contributed by atoms with Crippen LogP contribution in [0, 0.1) is 6.92 Å². The zero-order valence-corrected chi connectivity index (χ0v) is 13.2. The lowest BCUT2D eigenvalue weighted by atomic mass is 10.0. The Hall–Kier alpha value is -1.40. The van der Waals surface area contributed by atoms with Crippen LogP contribution < -0.4 is 10.1 Å². The summed E-state index contributed by atoms with van der Waals surface area (Å²) in [6.45, 7) is 2.39. The van der Waals surface area contributed by atoms with Crippen molar-refractivity contribution in [1.82, 2.24) is 5.32 Å². The number of methoxy groups -OCH3 is 1. The Balaban J connectivity index is 2.00. The van der Waals surface area contributed by atoms with E-state index in [0.29, 0.717) is 12.3 Å². The van der Waals surface area contributed by atoms with Gasteiger partial charge in [-0.2, -0.15) is 0 Å². The summed E-state index contributed by atoms with van der Waals surface area (Å²) >= 11 is 0. The lowest BCUT2D eigenvalue weighted by Gasteiger charge is -2.23. The highest BCUT2D eigenvalue weighted by Crippen LogP contribution is 2.21. The van der Waals surface area contributed by atoms with E-state index in [9.17, 15) is 13.2 Å². The molecule has 116 valence electrons. The highest BCUT2D eigenvalue weighted by molar-refractivity contribution is 7.91. The molecule has 5 nitrogen and oxygen atoms in total. The SMILES string of the molecule is COc1ccc(C)cc1CC(=O)CC1CS(=O)(=O)CCN1. The van der Waals surface area contributed by atoms with E-state index in [0.717, 1.165) is 11.1 Å². The van der Waals surface area contributed by atoms with Gasteiger partial charge in [-0.1, -0.05) is 17.7 Å². The van der Waals surface area contributed by atoms with E-state index in [1.54, 1.807) is 7.11 Å². The predicted octanol–water partition coefficient (Wildman–Crippen LogP) is 0.892. The minimum Gasteiger partial charge on any atom is -0.496 e. The molecule has 0 aromatic heterocycles. The smallest absolute Gasteiger partial charge is 0.153 e. The molecule has 2 rings (SSSR count). The van der Waals surface area contributed by atoms with Crippen LogP contribution in [0.5, 0.6) is 5.75 Å². The van der Waals surface area contributed by atoms with Crippen molar-refractivity contribution in [3.05, 3.63) is 29.3 Å². The minimum absolute atomic E-state index is 0.0218. The molecule has 1 heterocycles. The summed E-state index contributed by atoms with van der Waals surface area (Å²) in [5.41, 5.74) is 1.91. The standard InChI is InChI=1S/C15H21NO4S/c1-11-3-4-15(20-2)12(7-11)8-14(17)9-13-10-21(18,19)6-5-16-13/h3-4,7,13,16H,5-6,8-10H2,1-2H3. The second-order valence-electron chi connectivity index (χ2n) is 5.50. The van der Waals surface area contributed by atoms with E-state index in [-0.39, 0.29) is 36.2 Å². The van der Waals surface area contributed by atoms with Gasteiger partial charge in [0.25, 0.3) is 0 Å². The molecule has 1 unspecified atom stereocenters. The third-order valence-corrected chi connectivity index (χ3v) is 5.34. The Morgan fingerprint density at radius 2 is 2.19 bits per heavy atom. The molecule has 1 aliphatic rings. The summed E-state index contributed by atoms with van der Waals surface area (Å²) in [5.74, 6) is 0.916. The molecule has 0 saturated carbocycles. The fourth-order valence-electron chi connectivity index (χ4n) is 2.60. The van der Waals surface area contributed by atoms with Crippen LogP contribution in [0.1, 0.15) is 17.5 Å². The van der Waals surface area contributed by atoms with Crippen LogP contribution >= 0.6 is 0 Å². The highest BCUT2D eigenvalue weighted by atomic mass is 32.2. The van der Waals surface area contributed by atoms with Gasteiger partial charge in [0.1, 0.15) is 11.5 Å². The maximum atomic E-state index is 12.2. The average molecular weight is 311 g/mol. The molecule has 21 heavy (non-hydrogen) atoms. The number of nitrogens with one attached hydrogen (secondary N) is 1. The van der Waals surface area contributed by atoms with Crippen molar-refractivity contribution in [3.63, 3.8) is 0 Å². The van der Waals surface area contributed by atoms with Gasteiger partial charge in [-0.25, -0.2) is 8.42 Å². The molecule has 1 fully saturated rings. The number of sulfone groups is 1. The fourth-order valence-corrected chi connectivity index (χ4v) is 4.05. The molecule has 0 bridgehead atoms. The number of Topliss-reactive ketones (excluding diaryl/α,β-unsaturated/α-hetero) is 1. The summed E-state index contributed by atoms with van der Waals surface area (Å²) in [5, 5.41) is 3.10. The highest BCUT2D eigenvalue weighted by Gasteiger charge is 2.26. The molecular weight excluding hydrogens is 290 g/mol. The minimum atomic E-state index is -3.01. The summed E-state index contributed by atoms with van der Waals surface area (Å²) in [6, 6.07) is 5.44. The second kappa shape index (κ2) is 6.58. The van der Waals surface area contributed by atoms with Gasteiger partial charge in [-0.15, -0.1) is 0 Å². The first-order chi connectivity index (χ1) is 9.89. The Kier molecular flexibility index (Phi) is 5.00. The van der Waals surface area contributed by atoms with E-state index in [1.165, 1.54) is 0 Å². The summed E-state index contributed by atoms with van der Waals surface area (Å²) < 4.78 is 28.4. The Bertz CT molecular complexity index is 625. The number of hydrogen-bond acceptors (Lipinski definition) is 5. The van der Waals surface area contributed by atoms with Gasteiger partial charge in [0.15, 0.2) is 9.84 Å². The molecule has 1 atom stereocenters. The number of aryl methyl sites for hydroxylation is 1. The molecule has 1 aromatic rings. The first-order valence-corrected chi connectivity index (χ1v) is 8.81. The Labute approximate surface area is 125 Å². The quantitative estimate of drug-likeness (QED) is 0.874. The zero-order chi connectivity index (χ0) is 15.5. The van der Waals surface area contributed by atoms with E-state index >= 15 is 0 Å². The number of ether oxygens (including phenoxy) is 1. The first-order valence-electron chi connectivity index (χ1n) is 6.98. The number of hydrogen-bond donors (Lipinski definition) is 1. The first kappa shape index (κ1) is 16.0. The molecule has 1 aromatic carbocycles. The summed E-state index contributed by atoms with van der Waals surface area (Å²) in [4.78, 5) is 12.2. The molecule has 0 aliphatic carbocycles. The van der Waals surface area contributed by atoms with Crippen LogP contribution in [0.15, 0.2) is 18.2 Å². The molecule has 1 N–H and O–H groups in total. The van der Waals surface area contributed by atoms with Crippen molar-refractivity contribution >= 4 is 15.6 Å². The molecular formula is C15H21NO4S. The van der Waals surface area contributed by atoms with Crippen molar-refractivity contribution in [1.29, 1.82) is 0 Å². The molecule has 0 radical (unpaired) electrons. The van der Waals surface area contributed by atoms with Crippen LogP contribution in [0.4, 0.5) is 0 Å². The molecule has 0 spiro atoms. The lowest BCUT2D eigenvalue weighted by Crippen LogP contribution is -2.46. The van der Waals surface area contributed by atoms with Crippen molar-refractivity contribution in [2.75, 3.05) is 25.2 Å². The number of carbonyl (C=O) groups is 1. The molecule has 6 heteroatoms.